The van der Waals surface area contributed by atoms with Gasteiger partial charge in [0.15, 0.2) is 5.78 Å². The molecule has 0 heterocycles. The summed E-state index contributed by atoms with van der Waals surface area (Å²) < 4.78 is 4.88. The molecule has 0 bridgehead atoms. The average Bonchev–Trinajstić information content (AvgIpc) is 2.62. The fourth-order valence-corrected chi connectivity index (χ4v) is 2.50. The Hall–Kier alpha value is -2.94. The summed E-state index contributed by atoms with van der Waals surface area (Å²) in [5.41, 5.74) is 3.33. The Morgan fingerprint density at radius 1 is 0.958 bits per heavy atom. The summed E-state index contributed by atoms with van der Waals surface area (Å²) in [7, 11) is 1.36. The van der Waals surface area contributed by atoms with Gasteiger partial charge in [0.1, 0.15) is 0 Å². The highest BCUT2D eigenvalue weighted by Crippen LogP contribution is 2.23. The first-order chi connectivity index (χ1) is 11.6. The van der Waals surface area contributed by atoms with Gasteiger partial charge in [-0.1, -0.05) is 66.2 Å². The first-order valence-electron chi connectivity index (χ1n) is 7.67. The highest BCUT2D eigenvalue weighted by Gasteiger charge is 2.16. The van der Waals surface area contributed by atoms with Crippen LogP contribution in [0.4, 0.5) is 0 Å². The minimum absolute atomic E-state index is 0.0476. The van der Waals surface area contributed by atoms with Crippen molar-refractivity contribution >= 4 is 17.3 Å². The van der Waals surface area contributed by atoms with Gasteiger partial charge in [-0.15, -0.1) is 6.58 Å². The van der Waals surface area contributed by atoms with Gasteiger partial charge in [0.2, 0.25) is 0 Å². The summed E-state index contributed by atoms with van der Waals surface area (Å²) in [6.07, 6.45) is 2.33. The third kappa shape index (κ3) is 3.87. The molecule has 122 valence electrons. The van der Waals surface area contributed by atoms with Crippen molar-refractivity contribution in [3.8, 4) is 0 Å². The van der Waals surface area contributed by atoms with Crippen molar-refractivity contribution < 1.29 is 14.3 Å². The van der Waals surface area contributed by atoms with Crippen LogP contribution in [0.15, 0.2) is 72.8 Å². The summed E-state index contributed by atoms with van der Waals surface area (Å²) in [5, 5.41) is 0. The normalized spacial score (nSPS) is 11.4. The summed E-state index contributed by atoms with van der Waals surface area (Å²) in [4.78, 5) is 24.5. The lowest BCUT2D eigenvalue weighted by Crippen LogP contribution is -2.07. The Bertz CT molecular complexity index is 768. The molecule has 0 aliphatic carbocycles. The van der Waals surface area contributed by atoms with Crippen LogP contribution in [-0.2, 0) is 9.53 Å². The van der Waals surface area contributed by atoms with Gasteiger partial charge in [-0.3, -0.25) is 4.79 Å². The van der Waals surface area contributed by atoms with Crippen molar-refractivity contribution in [3.63, 3.8) is 0 Å². The molecule has 0 unspecified atom stereocenters. The number of hydrogen-bond donors (Lipinski definition) is 0. The molecule has 0 saturated carbocycles. The Morgan fingerprint density at radius 2 is 1.50 bits per heavy atom. The van der Waals surface area contributed by atoms with Crippen LogP contribution in [0.1, 0.15) is 34.8 Å². The average molecular weight is 320 g/mol. The van der Waals surface area contributed by atoms with E-state index in [9.17, 15) is 9.59 Å². The second-order valence-electron chi connectivity index (χ2n) is 5.41. The molecule has 0 saturated heterocycles. The van der Waals surface area contributed by atoms with Crippen molar-refractivity contribution in [1.29, 1.82) is 0 Å². The maximum Gasteiger partial charge on any atom is 0.338 e. The molecule has 0 atom stereocenters. The zero-order chi connectivity index (χ0) is 17.5. The molecule has 2 aromatic rings. The SMILES string of the molecule is C=CCC(C)=C(C(=O)OC)c1ccc(C(=O)c2ccccc2)cc1. The van der Waals surface area contributed by atoms with Gasteiger partial charge < -0.3 is 4.74 Å². The number of methoxy groups -OCH3 is 1. The molecule has 0 radical (unpaired) electrons. The van der Waals surface area contributed by atoms with Gasteiger partial charge in [0.05, 0.1) is 12.7 Å². The van der Waals surface area contributed by atoms with Crippen molar-refractivity contribution in [2.45, 2.75) is 13.3 Å². The van der Waals surface area contributed by atoms with Gasteiger partial charge in [-0.2, -0.15) is 0 Å². The monoisotopic (exact) mass is 320 g/mol. The number of ether oxygens (including phenoxy) is 1. The Kier molecular flexibility index (Phi) is 5.85. The molecular formula is C21H20O3. The maximum atomic E-state index is 12.4. The van der Waals surface area contributed by atoms with E-state index in [1.165, 1.54) is 7.11 Å². The lowest BCUT2D eigenvalue weighted by molar-refractivity contribution is -0.133. The van der Waals surface area contributed by atoms with Crippen LogP contribution < -0.4 is 0 Å². The fourth-order valence-electron chi connectivity index (χ4n) is 2.50. The highest BCUT2D eigenvalue weighted by atomic mass is 16.5. The molecule has 0 aromatic heterocycles. The second-order valence-corrected chi connectivity index (χ2v) is 5.41. The fraction of sp³-hybridized carbons (Fsp3) is 0.143. The molecule has 0 spiro atoms. The topological polar surface area (TPSA) is 43.4 Å². The smallest absolute Gasteiger partial charge is 0.338 e. The van der Waals surface area contributed by atoms with E-state index in [-0.39, 0.29) is 5.78 Å². The Labute approximate surface area is 142 Å². The largest absolute Gasteiger partial charge is 0.465 e. The van der Waals surface area contributed by atoms with E-state index in [0.29, 0.717) is 23.1 Å². The lowest BCUT2D eigenvalue weighted by Gasteiger charge is -2.10. The third-order valence-electron chi connectivity index (χ3n) is 3.74. The third-order valence-corrected chi connectivity index (χ3v) is 3.74. The van der Waals surface area contributed by atoms with E-state index < -0.39 is 5.97 Å². The summed E-state index contributed by atoms with van der Waals surface area (Å²) in [6.45, 7) is 5.57. The van der Waals surface area contributed by atoms with Gasteiger partial charge in [0, 0.05) is 11.1 Å². The second kappa shape index (κ2) is 8.06. The van der Waals surface area contributed by atoms with Gasteiger partial charge in [-0.05, 0) is 18.9 Å². The number of carbonyl (C=O) groups is 2. The van der Waals surface area contributed by atoms with Crippen LogP contribution >= 0.6 is 0 Å². The molecule has 0 aliphatic heterocycles. The first kappa shape index (κ1) is 17.4. The van der Waals surface area contributed by atoms with Gasteiger partial charge in [0.25, 0.3) is 0 Å². The minimum Gasteiger partial charge on any atom is -0.465 e. The molecule has 0 amide bonds. The molecule has 24 heavy (non-hydrogen) atoms. The molecule has 3 nitrogen and oxygen atoms in total. The van der Waals surface area contributed by atoms with Gasteiger partial charge >= 0.3 is 5.97 Å². The predicted molar refractivity (Wildman–Crippen MR) is 95.7 cm³/mol. The number of carbonyl (C=O) groups excluding carboxylic acids is 2. The number of allylic oxidation sites excluding steroid dienone is 2. The first-order valence-corrected chi connectivity index (χ1v) is 7.67. The number of ketones is 1. The van der Waals surface area contributed by atoms with E-state index in [1.807, 2.05) is 25.1 Å². The van der Waals surface area contributed by atoms with Crippen LogP contribution in [0.3, 0.4) is 0 Å². The molecule has 3 heteroatoms. The van der Waals surface area contributed by atoms with Crippen molar-refractivity contribution in [2.75, 3.05) is 7.11 Å². The summed E-state index contributed by atoms with van der Waals surface area (Å²) in [6, 6.07) is 16.1. The predicted octanol–water partition coefficient (Wildman–Crippen LogP) is 4.44. The minimum atomic E-state index is -0.392. The van der Waals surface area contributed by atoms with E-state index in [4.69, 9.17) is 4.74 Å². The molecule has 0 fully saturated rings. The van der Waals surface area contributed by atoms with Crippen LogP contribution in [0.5, 0.6) is 0 Å². The summed E-state index contributed by atoms with van der Waals surface area (Å²) in [5.74, 6) is -0.440. The molecule has 2 aromatic carbocycles. The number of esters is 1. The Morgan fingerprint density at radius 3 is 2.04 bits per heavy atom. The molecular weight excluding hydrogens is 300 g/mol. The summed E-state index contributed by atoms with van der Waals surface area (Å²) >= 11 is 0. The number of benzene rings is 2. The van der Waals surface area contributed by atoms with Crippen LogP contribution in [0.25, 0.3) is 5.57 Å². The van der Waals surface area contributed by atoms with Crippen molar-refractivity contribution in [3.05, 3.63) is 89.5 Å². The zero-order valence-electron chi connectivity index (χ0n) is 13.9. The van der Waals surface area contributed by atoms with Crippen LogP contribution in [-0.4, -0.2) is 18.9 Å². The number of hydrogen-bond acceptors (Lipinski definition) is 3. The molecule has 0 aliphatic rings. The van der Waals surface area contributed by atoms with Crippen LogP contribution in [0, 0.1) is 0 Å². The zero-order valence-corrected chi connectivity index (χ0v) is 13.9. The number of rotatable bonds is 6. The highest BCUT2D eigenvalue weighted by molar-refractivity contribution is 6.17. The maximum absolute atomic E-state index is 12.4. The molecule has 0 N–H and O–H groups in total. The Balaban J connectivity index is 2.36. The van der Waals surface area contributed by atoms with E-state index >= 15 is 0 Å². The lowest BCUT2D eigenvalue weighted by atomic mass is 9.96. The standard InChI is InChI=1S/C21H20O3/c1-4-8-15(2)19(21(23)24-3)16-11-13-18(14-12-16)20(22)17-9-6-5-7-10-17/h4-7,9-14H,1,8H2,2-3H3. The quantitative estimate of drug-likeness (QED) is 0.342. The van der Waals surface area contributed by atoms with E-state index in [1.54, 1.807) is 42.5 Å². The van der Waals surface area contributed by atoms with Crippen molar-refractivity contribution in [1.82, 2.24) is 0 Å². The van der Waals surface area contributed by atoms with E-state index in [0.717, 1.165) is 11.1 Å². The van der Waals surface area contributed by atoms with Crippen LogP contribution in [0.2, 0.25) is 0 Å². The molecule has 2 rings (SSSR count). The van der Waals surface area contributed by atoms with Gasteiger partial charge in [-0.25, -0.2) is 4.79 Å². The van der Waals surface area contributed by atoms with Crippen molar-refractivity contribution in [2.24, 2.45) is 0 Å². The van der Waals surface area contributed by atoms with E-state index in [2.05, 4.69) is 6.58 Å².